The van der Waals surface area contributed by atoms with Crippen LogP contribution in [0.2, 0.25) is 0 Å². The normalized spacial score (nSPS) is 11.5. The molecule has 0 saturated heterocycles. The first-order chi connectivity index (χ1) is 10.3. The fraction of sp³-hybridized carbons (Fsp3) is 0.600. The van der Waals surface area contributed by atoms with Crippen molar-refractivity contribution in [3.8, 4) is 0 Å². The molecule has 2 aromatic rings. The first-order valence-corrected chi connectivity index (χ1v) is 8.38. The third-order valence-electron chi connectivity index (χ3n) is 3.84. The number of furan rings is 2. The average molecular weight is 304 g/mol. The van der Waals surface area contributed by atoms with Crippen LogP contribution in [0.15, 0.2) is 33.7 Å². The highest BCUT2D eigenvalue weighted by atomic mass is 16.3. The fourth-order valence-electron chi connectivity index (χ4n) is 2.53. The molecule has 0 saturated carbocycles. The van der Waals surface area contributed by atoms with Crippen molar-refractivity contribution in [1.29, 1.82) is 0 Å². The van der Waals surface area contributed by atoms with Crippen LogP contribution in [0.1, 0.15) is 102 Å². The van der Waals surface area contributed by atoms with Crippen LogP contribution in [0, 0.1) is 0 Å². The zero-order valence-corrected chi connectivity index (χ0v) is 15.4. The second-order valence-electron chi connectivity index (χ2n) is 7.14. The summed E-state index contributed by atoms with van der Waals surface area (Å²) in [4.78, 5) is 0. The van der Waals surface area contributed by atoms with Gasteiger partial charge in [-0.1, -0.05) is 55.4 Å². The third kappa shape index (κ3) is 4.79. The minimum atomic E-state index is 0.502. The molecule has 0 aliphatic carbocycles. The molecule has 0 N–H and O–H groups in total. The van der Waals surface area contributed by atoms with Crippen LogP contribution in [-0.2, 0) is 0 Å². The van der Waals surface area contributed by atoms with Crippen molar-refractivity contribution in [1.82, 2.24) is 0 Å². The zero-order chi connectivity index (χ0) is 16.9. The summed E-state index contributed by atoms with van der Waals surface area (Å²) in [6, 6.07) is 2.07. The SMILES string of the molecule is CC(C)c1ccoc1C(C)C.CC(C)c1cocc1C(C)C. The molecule has 2 nitrogen and oxygen atoms in total. The minimum absolute atomic E-state index is 0.502. The van der Waals surface area contributed by atoms with Gasteiger partial charge in [0.15, 0.2) is 0 Å². The van der Waals surface area contributed by atoms with Crippen molar-refractivity contribution in [3.05, 3.63) is 47.3 Å². The Labute approximate surface area is 135 Å². The van der Waals surface area contributed by atoms with E-state index < -0.39 is 0 Å². The maximum Gasteiger partial charge on any atom is 0.109 e. The van der Waals surface area contributed by atoms with Gasteiger partial charge in [-0.25, -0.2) is 0 Å². The van der Waals surface area contributed by atoms with E-state index in [1.807, 2.05) is 12.5 Å². The molecule has 0 aliphatic rings. The summed E-state index contributed by atoms with van der Waals surface area (Å²) in [5, 5.41) is 0. The van der Waals surface area contributed by atoms with E-state index in [9.17, 15) is 0 Å². The van der Waals surface area contributed by atoms with Gasteiger partial charge in [-0.2, -0.15) is 0 Å². The summed E-state index contributed by atoms with van der Waals surface area (Å²) in [5.74, 6) is 3.37. The topological polar surface area (TPSA) is 26.3 Å². The standard InChI is InChI=1S/2C10H16O/c1-7(2)9-5-11-6-10(9)8(3)4;1-7(2)9-5-6-11-10(9)8(3)4/h2*5-8H,1-4H3. The smallest absolute Gasteiger partial charge is 0.109 e. The van der Waals surface area contributed by atoms with Crippen LogP contribution >= 0.6 is 0 Å². The van der Waals surface area contributed by atoms with Gasteiger partial charge in [0.25, 0.3) is 0 Å². The second kappa shape index (κ2) is 8.26. The molecule has 0 bridgehead atoms. The molecule has 22 heavy (non-hydrogen) atoms. The van der Waals surface area contributed by atoms with Crippen LogP contribution in [0.3, 0.4) is 0 Å². The van der Waals surface area contributed by atoms with Crippen LogP contribution in [0.5, 0.6) is 0 Å². The van der Waals surface area contributed by atoms with Gasteiger partial charge in [0.2, 0.25) is 0 Å². The van der Waals surface area contributed by atoms with Crippen LogP contribution < -0.4 is 0 Å². The molecule has 0 amide bonds. The van der Waals surface area contributed by atoms with E-state index in [4.69, 9.17) is 8.83 Å². The number of rotatable bonds is 4. The first-order valence-electron chi connectivity index (χ1n) is 8.38. The molecular formula is C20H32O2. The summed E-state index contributed by atoms with van der Waals surface area (Å²) in [6.07, 6.45) is 5.50. The molecule has 0 aliphatic heterocycles. The van der Waals surface area contributed by atoms with E-state index in [-0.39, 0.29) is 0 Å². The molecule has 0 unspecified atom stereocenters. The van der Waals surface area contributed by atoms with E-state index in [2.05, 4.69) is 61.5 Å². The summed E-state index contributed by atoms with van der Waals surface area (Å²) in [5.41, 5.74) is 4.04. The maximum atomic E-state index is 5.39. The Morgan fingerprint density at radius 3 is 1.41 bits per heavy atom. The molecule has 0 radical (unpaired) electrons. The van der Waals surface area contributed by atoms with Crippen LogP contribution in [-0.4, -0.2) is 0 Å². The molecular weight excluding hydrogens is 272 g/mol. The Hall–Kier alpha value is -1.44. The van der Waals surface area contributed by atoms with Gasteiger partial charge >= 0.3 is 0 Å². The van der Waals surface area contributed by atoms with Crippen molar-refractivity contribution in [3.63, 3.8) is 0 Å². The lowest BCUT2D eigenvalue weighted by Gasteiger charge is -2.07. The molecule has 0 atom stereocenters. The maximum absolute atomic E-state index is 5.39. The van der Waals surface area contributed by atoms with Gasteiger partial charge < -0.3 is 8.83 Å². The summed E-state index contributed by atoms with van der Waals surface area (Å²) >= 11 is 0. The van der Waals surface area contributed by atoms with Gasteiger partial charge in [-0.3, -0.25) is 0 Å². The van der Waals surface area contributed by atoms with E-state index in [1.165, 1.54) is 16.7 Å². The predicted molar refractivity (Wildman–Crippen MR) is 93.8 cm³/mol. The Morgan fingerprint density at radius 2 is 1.09 bits per heavy atom. The lowest BCUT2D eigenvalue weighted by Crippen LogP contribution is -1.93. The highest BCUT2D eigenvalue weighted by Gasteiger charge is 2.12. The van der Waals surface area contributed by atoms with Gasteiger partial charge in [0.1, 0.15) is 5.76 Å². The number of hydrogen-bond donors (Lipinski definition) is 0. The molecule has 2 aromatic heterocycles. The summed E-state index contributed by atoms with van der Waals surface area (Å²) in [7, 11) is 0. The molecule has 0 aromatic carbocycles. The molecule has 2 rings (SSSR count). The van der Waals surface area contributed by atoms with Gasteiger partial charge in [-0.05, 0) is 40.5 Å². The Bertz CT molecular complexity index is 446. The largest absolute Gasteiger partial charge is 0.472 e. The highest BCUT2D eigenvalue weighted by molar-refractivity contribution is 5.26. The third-order valence-corrected chi connectivity index (χ3v) is 3.84. The van der Waals surface area contributed by atoms with Crippen molar-refractivity contribution < 1.29 is 8.83 Å². The molecule has 0 spiro atoms. The molecule has 2 heterocycles. The fourth-order valence-corrected chi connectivity index (χ4v) is 2.53. The Morgan fingerprint density at radius 1 is 0.636 bits per heavy atom. The van der Waals surface area contributed by atoms with Gasteiger partial charge in [0, 0.05) is 5.92 Å². The van der Waals surface area contributed by atoms with Crippen molar-refractivity contribution in [2.45, 2.75) is 79.1 Å². The van der Waals surface area contributed by atoms with E-state index >= 15 is 0 Å². The van der Waals surface area contributed by atoms with Gasteiger partial charge in [-0.15, -0.1) is 0 Å². The minimum Gasteiger partial charge on any atom is -0.472 e. The zero-order valence-electron chi connectivity index (χ0n) is 15.4. The van der Waals surface area contributed by atoms with E-state index in [0.29, 0.717) is 23.7 Å². The Balaban J connectivity index is 0.000000220. The monoisotopic (exact) mass is 304 g/mol. The summed E-state index contributed by atoms with van der Waals surface area (Å²) < 4.78 is 10.6. The van der Waals surface area contributed by atoms with Crippen LogP contribution in [0.25, 0.3) is 0 Å². The lowest BCUT2D eigenvalue weighted by atomic mass is 9.95. The van der Waals surface area contributed by atoms with Crippen molar-refractivity contribution in [2.75, 3.05) is 0 Å². The predicted octanol–water partition coefficient (Wildman–Crippen LogP) is 7.05. The highest BCUT2D eigenvalue weighted by Crippen LogP contribution is 2.27. The molecule has 0 fully saturated rings. The van der Waals surface area contributed by atoms with Crippen molar-refractivity contribution in [2.24, 2.45) is 0 Å². The number of hydrogen-bond acceptors (Lipinski definition) is 2. The summed E-state index contributed by atoms with van der Waals surface area (Å²) in [6.45, 7) is 17.5. The van der Waals surface area contributed by atoms with E-state index in [0.717, 1.165) is 5.76 Å². The lowest BCUT2D eigenvalue weighted by molar-refractivity contribution is 0.479. The Kier molecular flexibility index (Phi) is 6.99. The second-order valence-corrected chi connectivity index (χ2v) is 7.14. The van der Waals surface area contributed by atoms with Gasteiger partial charge in [0.05, 0.1) is 18.8 Å². The van der Waals surface area contributed by atoms with E-state index in [1.54, 1.807) is 6.26 Å². The first kappa shape index (κ1) is 18.6. The quantitative estimate of drug-likeness (QED) is 0.604. The molecule has 2 heteroatoms. The van der Waals surface area contributed by atoms with Crippen molar-refractivity contribution >= 4 is 0 Å². The van der Waals surface area contributed by atoms with Crippen LogP contribution in [0.4, 0.5) is 0 Å². The molecule has 124 valence electrons. The average Bonchev–Trinajstić information content (AvgIpc) is 3.08.